The fraction of sp³-hybridized carbons (Fsp3) is 0.500. The van der Waals surface area contributed by atoms with Crippen LogP contribution < -0.4 is 10.6 Å². The molecular weight excluding hydrogens is 296 g/mol. The highest BCUT2D eigenvalue weighted by Crippen LogP contribution is 2.23. The molecule has 0 spiro atoms. The Morgan fingerprint density at radius 3 is 2.77 bits per heavy atom. The monoisotopic (exact) mass is 320 g/mol. The number of hydrogen-bond acceptors (Lipinski definition) is 4. The molecule has 0 saturated heterocycles. The number of thiazole rings is 1. The molecule has 0 aliphatic rings. The Bertz CT molecular complexity index is 596. The zero-order valence-electron chi connectivity index (χ0n) is 13.6. The molecule has 5 nitrogen and oxygen atoms in total. The first kappa shape index (κ1) is 16.5. The second-order valence-electron chi connectivity index (χ2n) is 6.06. The number of aromatic nitrogens is 1. The van der Waals surface area contributed by atoms with Crippen molar-refractivity contribution in [3.8, 4) is 0 Å². The molecule has 0 unspecified atom stereocenters. The van der Waals surface area contributed by atoms with Gasteiger partial charge in [0.2, 0.25) is 0 Å². The smallest absolute Gasteiger partial charge is 0.191 e. The molecule has 22 heavy (non-hydrogen) atoms. The van der Waals surface area contributed by atoms with Gasteiger partial charge in [0.15, 0.2) is 5.96 Å². The number of rotatable bonds is 5. The van der Waals surface area contributed by atoms with Crippen LogP contribution in [0.2, 0.25) is 0 Å². The second kappa shape index (κ2) is 7.45. The molecule has 0 aromatic carbocycles. The van der Waals surface area contributed by atoms with Crippen LogP contribution in [0.5, 0.6) is 0 Å². The lowest BCUT2D eigenvalue weighted by atomic mass is 9.93. The first-order chi connectivity index (χ1) is 10.5. The number of nitrogens with zero attached hydrogens (tertiary/aromatic N) is 2. The van der Waals surface area contributed by atoms with E-state index in [9.17, 15) is 0 Å². The lowest BCUT2D eigenvalue weighted by Crippen LogP contribution is -2.37. The van der Waals surface area contributed by atoms with Crippen molar-refractivity contribution in [3.05, 3.63) is 40.2 Å². The van der Waals surface area contributed by atoms with Crippen LogP contribution in [0.4, 0.5) is 0 Å². The van der Waals surface area contributed by atoms with Crippen LogP contribution in [0.1, 0.15) is 37.2 Å². The standard InChI is InChI=1S/C16H24N4OS/c1-16(2,3)13-11-22-14(20-13)7-8-18-15(17-4)19-10-12-6-5-9-21-12/h5-6,9,11H,7-8,10H2,1-4H3,(H2,17,18,19). The van der Waals surface area contributed by atoms with Crippen LogP contribution in [0.15, 0.2) is 33.2 Å². The molecule has 0 fully saturated rings. The minimum atomic E-state index is 0.114. The summed E-state index contributed by atoms with van der Waals surface area (Å²) in [4.78, 5) is 8.89. The van der Waals surface area contributed by atoms with Crippen LogP contribution >= 0.6 is 11.3 Å². The van der Waals surface area contributed by atoms with Crippen molar-refractivity contribution in [2.75, 3.05) is 13.6 Å². The molecular formula is C16H24N4OS. The molecule has 2 N–H and O–H groups in total. The maximum absolute atomic E-state index is 5.28. The highest BCUT2D eigenvalue weighted by atomic mass is 32.1. The average Bonchev–Trinajstić information content (AvgIpc) is 3.13. The van der Waals surface area contributed by atoms with Crippen molar-refractivity contribution < 1.29 is 4.42 Å². The van der Waals surface area contributed by atoms with Gasteiger partial charge in [0, 0.05) is 30.8 Å². The van der Waals surface area contributed by atoms with E-state index in [1.807, 2.05) is 12.1 Å². The largest absolute Gasteiger partial charge is 0.467 e. The summed E-state index contributed by atoms with van der Waals surface area (Å²) in [6.45, 7) is 7.98. The molecule has 0 atom stereocenters. The van der Waals surface area contributed by atoms with Crippen LogP contribution in [0.25, 0.3) is 0 Å². The topological polar surface area (TPSA) is 62.5 Å². The summed E-state index contributed by atoms with van der Waals surface area (Å²) in [5.74, 6) is 1.65. The van der Waals surface area contributed by atoms with Gasteiger partial charge >= 0.3 is 0 Å². The van der Waals surface area contributed by atoms with E-state index in [2.05, 4.69) is 41.8 Å². The van der Waals surface area contributed by atoms with Gasteiger partial charge in [-0.3, -0.25) is 4.99 Å². The summed E-state index contributed by atoms with van der Waals surface area (Å²) in [6, 6.07) is 3.81. The average molecular weight is 320 g/mol. The van der Waals surface area contributed by atoms with Crippen molar-refractivity contribution in [1.82, 2.24) is 15.6 Å². The summed E-state index contributed by atoms with van der Waals surface area (Å²) >= 11 is 1.72. The van der Waals surface area contributed by atoms with Gasteiger partial charge in [0.25, 0.3) is 0 Å². The molecule has 0 aliphatic heterocycles. The quantitative estimate of drug-likeness (QED) is 0.657. The normalized spacial score (nSPS) is 12.5. The number of furan rings is 1. The Labute approximate surface area is 135 Å². The number of guanidine groups is 1. The first-order valence-corrected chi connectivity index (χ1v) is 8.29. The van der Waals surface area contributed by atoms with Crippen molar-refractivity contribution >= 4 is 17.3 Å². The van der Waals surface area contributed by atoms with Gasteiger partial charge in [-0.1, -0.05) is 20.8 Å². The van der Waals surface area contributed by atoms with Crippen molar-refractivity contribution in [2.45, 2.75) is 39.2 Å². The van der Waals surface area contributed by atoms with E-state index in [4.69, 9.17) is 9.40 Å². The minimum absolute atomic E-state index is 0.114. The minimum Gasteiger partial charge on any atom is -0.467 e. The molecule has 0 saturated carbocycles. The highest BCUT2D eigenvalue weighted by molar-refractivity contribution is 7.09. The van der Waals surface area contributed by atoms with Gasteiger partial charge in [0.05, 0.1) is 23.5 Å². The summed E-state index contributed by atoms with van der Waals surface area (Å²) in [7, 11) is 1.76. The lowest BCUT2D eigenvalue weighted by molar-refractivity contribution is 0.501. The van der Waals surface area contributed by atoms with Gasteiger partial charge < -0.3 is 15.1 Å². The Hall–Kier alpha value is -1.82. The third kappa shape index (κ3) is 4.87. The maximum Gasteiger partial charge on any atom is 0.191 e. The molecule has 2 aromatic rings. The molecule has 120 valence electrons. The molecule has 6 heteroatoms. The van der Waals surface area contributed by atoms with E-state index in [-0.39, 0.29) is 5.41 Å². The van der Waals surface area contributed by atoms with Crippen LogP contribution in [0, 0.1) is 0 Å². The van der Waals surface area contributed by atoms with Gasteiger partial charge in [-0.25, -0.2) is 4.98 Å². The molecule has 0 aliphatic carbocycles. The second-order valence-corrected chi connectivity index (χ2v) is 7.00. The molecule has 2 rings (SSSR count). The number of hydrogen-bond donors (Lipinski definition) is 2. The predicted octanol–water partition coefficient (Wildman–Crippen LogP) is 2.94. The zero-order valence-corrected chi connectivity index (χ0v) is 14.5. The molecule has 0 radical (unpaired) electrons. The Morgan fingerprint density at radius 1 is 1.36 bits per heavy atom. The molecule has 0 amide bonds. The summed E-state index contributed by atoms with van der Waals surface area (Å²) < 4.78 is 5.28. The molecule has 0 bridgehead atoms. The summed E-state index contributed by atoms with van der Waals surface area (Å²) in [6.07, 6.45) is 2.56. The van der Waals surface area contributed by atoms with Gasteiger partial charge in [-0.05, 0) is 12.1 Å². The van der Waals surface area contributed by atoms with E-state index in [1.165, 1.54) is 0 Å². The van der Waals surface area contributed by atoms with Crippen LogP contribution in [-0.2, 0) is 18.4 Å². The zero-order chi connectivity index (χ0) is 16.0. The van der Waals surface area contributed by atoms with E-state index in [0.29, 0.717) is 6.54 Å². The molecule has 2 aromatic heterocycles. The summed E-state index contributed by atoms with van der Waals surface area (Å²) in [5.41, 5.74) is 1.27. The van der Waals surface area contributed by atoms with Crippen LogP contribution in [-0.4, -0.2) is 24.5 Å². The van der Waals surface area contributed by atoms with E-state index < -0.39 is 0 Å². The molecule has 2 heterocycles. The van der Waals surface area contributed by atoms with Crippen molar-refractivity contribution in [2.24, 2.45) is 4.99 Å². The third-order valence-electron chi connectivity index (χ3n) is 3.19. The maximum atomic E-state index is 5.28. The third-order valence-corrected chi connectivity index (χ3v) is 4.09. The van der Waals surface area contributed by atoms with Gasteiger partial charge in [-0.2, -0.15) is 0 Å². The Morgan fingerprint density at radius 2 is 2.18 bits per heavy atom. The Kier molecular flexibility index (Phi) is 5.60. The fourth-order valence-corrected chi connectivity index (χ4v) is 2.89. The van der Waals surface area contributed by atoms with E-state index in [1.54, 1.807) is 24.6 Å². The Balaban J connectivity index is 1.75. The first-order valence-electron chi connectivity index (χ1n) is 7.41. The SMILES string of the molecule is CN=C(NCCc1nc(C(C)(C)C)cs1)NCc1ccco1. The predicted molar refractivity (Wildman–Crippen MR) is 91.4 cm³/mol. The highest BCUT2D eigenvalue weighted by Gasteiger charge is 2.17. The van der Waals surface area contributed by atoms with Gasteiger partial charge in [0.1, 0.15) is 5.76 Å². The summed E-state index contributed by atoms with van der Waals surface area (Å²) in [5, 5.41) is 9.81. The van der Waals surface area contributed by atoms with Crippen molar-refractivity contribution in [1.29, 1.82) is 0 Å². The van der Waals surface area contributed by atoms with Crippen molar-refractivity contribution in [3.63, 3.8) is 0 Å². The fourth-order valence-electron chi connectivity index (χ4n) is 1.86. The van der Waals surface area contributed by atoms with E-state index in [0.717, 1.165) is 35.4 Å². The van der Waals surface area contributed by atoms with Crippen LogP contribution in [0.3, 0.4) is 0 Å². The lowest BCUT2D eigenvalue weighted by Gasteiger charge is -2.14. The van der Waals surface area contributed by atoms with Gasteiger partial charge in [-0.15, -0.1) is 11.3 Å². The number of nitrogens with one attached hydrogen (secondary N) is 2. The van der Waals surface area contributed by atoms with E-state index >= 15 is 0 Å². The number of aliphatic imine (C=N–C) groups is 1.